The zero-order chi connectivity index (χ0) is 19.8. The van der Waals surface area contributed by atoms with Gasteiger partial charge in [0.15, 0.2) is 6.04 Å². The molecule has 0 aliphatic heterocycles. The fraction of sp³-hybridized carbons (Fsp3) is 0.227. The number of carbonyl (C=O) groups is 1. The van der Waals surface area contributed by atoms with E-state index in [4.69, 9.17) is 9.47 Å². The van der Waals surface area contributed by atoms with Gasteiger partial charge in [0, 0.05) is 18.0 Å². The summed E-state index contributed by atoms with van der Waals surface area (Å²) >= 11 is 1.61. The Kier molecular flexibility index (Phi) is 6.92. The number of methoxy groups -OCH3 is 1. The van der Waals surface area contributed by atoms with Gasteiger partial charge in [-0.05, 0) is 30.2 Å². The lowest BCUT2D eigenvalue weighted by Crippen LogP contribution is -2.23. The Balaban J connectivity index is 1.62. The second kappa shape index (κ2) is 9.80. The normalized spacial score (nSPS) is 12.1. The van der Waals surface area contributed by atoms with E-state index in [1.807, 2.05) is 66.9 Å². The van der Waals surface area contributed by atoms with Crippen LogP contribution in [0, 0.1) is 6.92 Å². The number of aliphatic imine (C=N–C) groups is 1. The largest absolute Gasteiger partial charge is 0.487 e. The average molecular weight is 394 g/mol. The van der Waals surface area contributed by atoms with Crippen molar-refractivity contribution in [1.82, 2.24) is 4.98 Å². The van der Waals surface area contributed by atoms with Crippen LogP contribution in [0.25, 0.3) is 0 Å². The molecule has 0 aliphatic rings. The highest BCUT2D eigenvalue weighted by atomic mass is 32.1. The fourth-order valence-electron chi connectivity index (χ4n) is 2.62. The van der Waals surface area contributed by atoms with Gasteiger partial charge in [-0.15, -0.1) is 11.3 Å². The number of hydrogen-bond acceptors (Lipinski definition) is 6. The third-order valence-electron chi connectivity index (χ3n) is 4.08. The van der Waals surface area contributed by atoms with Gasteiger partial charge >= 0.3 is 5.97 Å². The van der Waals surface area contributed by atoms with E-state index in [-0.39, 0.29) is 5.97 Å². The van der Waals surface area contributed by atoms with E-state index in [0.29, 0.717) is 13.0 Å². The first-order chi connectivity index (χ1) is 13.6. The number of rotatable bonds is 8. The van der Waals surface area contributed by atoms with Gasteiger partial charge in [-0.1, -0.05) is 42.5 Å². The first kappa shape index (κ1) is 19.8. The van der Waals surface area contributed by atoms with E-state index < -0.39 is 6.04 Å². The van der Waals surface area contributed by atoms with Crippen molar-refractivity contribution in [3.63, 3.8) is 0 Å². The average Bonchev–Trinajstić information content (AvgIpc) is 3.15. The van der Waals surface area contributed by atoms with Gasteiger partial charge in [0.2, 0.25) is 0 Å². The second-order valence-electron chi connectivity index (χ2n) is 6.22. The Morgan fingerprint density at radius 3 is 2.57 bits per heavy atom. The molecule has 0 saturated heterocycles. The first-order valence-corrected chi connectivity index (χ1v) is 9.81. The minimum Gasteiger partial charge on any atom is -0.487 e. The van der Waals surface area contributed by atoms with Crippen LogP contribution < -0.4 is 4.74 Å². The molecule has 1 atom stereocenters. The van der Waals surface area contributed by atoms with Crippen LogP contribution in [0.1, 0.15) is 21.8 Å². The number of benzene rings is 2. The van der Waals surface area contributed by atoms with Crippen LogP contribution in [0.3, 0.4) is 0 Å². The predicted octanol–water partition coefficient (Wildman–Crippen LogP) is 4.23. The summed E-state index contributed by atoms with van der Waals surface area (Å²) in [6.45, 7) is 2.41. The molecular formula is C22H22N2O3S. The van der Waals surface area contributed by atoms with E-state index in [9.17, 15) is 4.79 Å². The van der Waals surface area contributed by atoms with Crippen LogP contribution >= 0.6 is 11.3 Å². The van der Waals surface area contributed by atoms with Crippen LogP contribution in [0.4, 0.5) is 0 Å². The van der Waals surface area contributed by atoms with E-state index in [1.165, 1.54) is 7.11 Å². The highest BCUT2D eigenvalue weighted by Gasteiger charge is 2.18. The molecule has 6 heteroatoms. The Bertz CT molecular complexity index is 920. The molecule has 2 aromatic carbocycles. The van der Waals surface area contributed by atoms with Gasteiger partial charge < -0.3 is 9.47 Å². The van der Waals surface area contributed by atoms with Gasteiger partial charge in [0.25, 0.3) is 0 Å². The lowest BCUT2D eigenvalue weighted by atomic mass is 10.1. The molecule has 28 heavy (non-hydrogen) atoms. The van der Waals surface area contributed by atoms with Crippen LogP contribution in [0.15, 0.2) is 65.0 Å². The SMILES string of the molecule is COC(=O)[C@H](Cc1ccc(OCc2csc(C)n2)cc1)N=Cc1ccccc1. The molecule has 1 heterocycles. The molecular weight excluding hydrogens is 372 g/mol. The number of esters is 1. The molecule has 0 bridgehead atoms. The summed E-state index contributed by atoms with van der Waals surface area (Å²) < 4.78 is 10.7. The molecule has 0 saturated carbocycles. The van der Waals surface area contributed by atoms with Gasteiger partial charge in [-0.2, -0.15) is 0 Å². The molecule has 144 valence electrons. The molecule has 1 aromatic heterocycles. The maximum Gasteiger partial charge on any atom is 0.330 e. The Morgan fingerprint density at radius 2 is 1.93 bits per heavy atom. The smallest absolute Gasteiger partial charge is 0.330 e. The summed E-state index contributed by atoms with van der Waals surface area (Å²) in [6.07, 6.45) is 2.16. The lowest BCUT2D eigenvalue weighted by Gasteiger charge is -2.11. The van der Waals surface area contributed by atoms with Crippen molar-refractivity contribution in [2.24, 2.45) is 4.99 Å². The summed E-state index contributed by atoms with van der Waals surface area (Å²) in [4.78, 5) is 20.9. The topological polar surface area (TPSA) is 60.8 Å². The number of hydrogen-bond donors (Lipinski definition) is 0. The van der Waals surface area contributed by atoms with Crippen LogP contribution in [0.5, 0.6) is 5.75 Å². The summed E-state index contributed by atoms with van der Waals surface area (Å²) in [5, 5.41) is 3.02. The summed E-state index contributed by atoms with van der Waals surface area (Å²) in [5.41, 5.74) is 2.85. The van der Waals surface area contributed by atoms with Crippen molar-refractivity contribution < 1.29 is 14.3 Å². The minimum absolute atomic E-state index is 0.355. The zero-order valence-corrected chi connectivity index (χ0v) is 16.7. The molecule has 5 nitrogen and oxygen atoms in total. The van der Waals surface area contributed by atoms with Crippen LogP contribution in [-0.2, 0) is 22.6 Å². The second-order valence-corrected chi connectivity index (χ2v) is 7.28. The Morgan fingerprint density at radius 1 is 1.18 bits per heavy atom. The molecule has 0 amide bonds. The number of aryl methyl sites for hydroxylation is 1. The molecule has 3 rings (SSSR count). The summed E-state index contributed by atoms with van der Waals surface area (Å²) in [6, 6.07) is 16.8. The van der Waals surface area contributed by atoms with Crippen LogP contribution in [0.2, 0.25) is 0 Å². The summed E-state index contributed by atoms with van der Waals surface area (Å²) in [7, 11) is 1.38. The highest BCUT2D eigenvalue weighted by Crippen LogP contribution is 2.17. The van der Waals surface area contributed by atoms with E-state index >= 15 is 0 Å². The van der Waals surface area contributed by atoms with Crippen molar-refractivity contribution >= 4 is 23.5 Å². The highest BCUT2D eigenvalue weighted by molar-refractivity contribution is 7.09. The van der Waals surface area contributed by atoms with Gasteiger partial charge in [-0.25, -0.2) is 9.78 Å². The molecule has 0 unspecified atom stereocenters. The molecule has 0 radical (unpaired) electrons. The van der Waals surface area contributed by atoms with Gasteiger partial charge in [0.05, 0.1) is 17.8 Å². The number of carbonyl (C=O) groups excluding carboxylic acids is 1. The quantitative estimate of drug-likeness (QED) is 0.424. The molecule has 0 N–H and O–H groups in total. The molecule has 0 fully saturated rings. The summed E-state index contributed by atoms with van der Waals surface area (Å²) in [5.74, 6) is 0.406. The number of thiazole rings is 1. The maximum absolute atomic E-state index is 12.1. The molecule has 0 spiro atoms. The van der Waals surface area contributed by atoms with E-state index in [1.54, 1.807) is 17.6 Å². The van der Waals surface area contributed by atoms with Crippen molar-refractivity contribution in [1.29, 1.82) is 0 Å². The Labute approximate surface area is 168 Å². The third-order valence-corrected chi connectivity index (χ3v) is 4.90. The first-order valence-electron chi connectivity index (χ1n) is 8.93. The fourth-order valence-corrected chi connectivity index (χ4v) is 3.22. The van der Waals surface area contributed by atoms with Crippen molar-refractivity contribution in [3.8, 4) is 5.75 Å². The van der Waals surface area contributed by atoms with Crippen molar-refractivity contribution in [2.45, 2.75) is 26.0 Å². The van der Waals surface area contributed by atoms with Crippen molar-refractivity contribution in [3.05, 3.63) is 81.8 Å². The maximum atomic E-state index is 12.1. The van der Waals surface area contributed by atoms with Crippen LogP contribution in [-0.4, -0.2) is 30.3 Å². The van der Waals surface area contributed by atoms with E-state index in [2.05, 4.69) is 9.98 Å². The number of ether oxygens (including phenoxy) is 2. The van der Waals surface area contributed by atoms with Gasteiger partial charge in [0.1, 0.15) is 12.4 Å². The number of aromatic nitrogens is 1. The minimum atomic E-state index is -0.588. The monoisotopic (exact) mass is 394 g/mol. The van der Waals surface area contributed by atoms with E-state index in [0.717, 1.165) is 27.6 Å². The third kappa shape index (κ3) is 5.76. The standard InChI is InChI=1S/C22H22N2O3S/c1-16-24-19(15-28-16)14-27-20-10-8-17(9-11-20)12-21(22(25)26-2)23-13-18-6-4-3-5-7-18/h3-11,13,15,21H,12,14H2,1-2H3/t21-/m0/s1. The number of nitrogens with zero attached hydrogens (tertiary/aromatic N) is 2. The lowest BCUT2D eigenvalue weighted by molar-refractivity contribution is -0.142. The zero-order valence-electron chi connectivity index (χ0n) is 15.9. The van der Waals surface area contributed by atoms with Crippen molar-refractivity contribution in [2.75, 3.05) is 7.11 Å². The predicted molar refractivity (Wildman–Crippen MR) is 111 cm³/mol. The molecule has 0 aliphatic carbocycles. The van der Waals surface area contributed by atoms with Gasteiger partial charge in [-0.3, -0.25) is 4.99 Å². The Hall–Kier alpha value is -2.99. The molecule has 3 aromatic rings.